The smallest absolute Gasteiger partial charge is 0.374 e. The van der Waals surface area contributed by atoms with Crippen LogP contribution >= 0.6 is 15.9 Å². The highest BCUT2D eigenvalue weighted by atomic mass is 79.9. The molecule has 0 aromatic heterocycles. The van der Waals surface area contributed by atoms with Gasteiger partial charge in [-0.1, -0.05) is 29.8 Å². The molecule has 7 heteroatoms. The van der Waals surface area contributed by atoms with Crippen molar-refractivity contribution >= 4 is 27.5 Å². The van der Waals surface area contributed by atoms with Crippen molar-refractivity contribution in [3.8, 4) is 0 Å². The fourth-order valence-electron chi connectivity index (χ4n) is 1.61. The van der Waals surface area contributed by atoms with Crippen LogP contribution in [0.1, 0.15) is 26.3 Å². The van der Waals surface area contributed by atoms with E-state index in [9.17, 15) is 18.0 Å². The van der Waals surface area contributed by atoms with Crippen molar-refractivity contribution in [3.63, 3.8) is 0 Å². The van der Waals surface area contributed by atoms with Crippen LogP contribution in [0.15, 0.2) is 22.7 Å². The van der Waals surface area contributed by atoms with Crippen LogP contribution in [-0.2, 0) is 11.0 Å². The summed E-state index contributed by atoms with van der Waals surface area (Å²) in [5, 5.41) is 5.50. The van der Waals surface area contributed by atoms with Crippen molar-refractivity contribution in [2.24, 2.45) is 5.92 Å². The van der Waals surface area contributed by atoms with E-state index in [1.807, 2.05) is 13.8 Å². The average molecular weight is 367 g/mol. The molecule has 2 N–H and O–H groups in total. The first-order valence-corrected chi connectivity index (χ1v) is 7.31. The predicted molar refractivity (Wildman–Crippen MR) is 80.1 cm³/mol. The van der Waals surface area contributed by atoms with E-state index in [4.69, 9.17) is 0 Å². The van der Waals surface area contributed by atoms with E-state index in [0.717, 1.165) is 12.1 Å². The van der Waals surface area contributed by atoms with Gasteiger partial charge in [0.15, 0.2) is 0 Å². The number of hydrogen-bond donors (Lipinski definition) is 2. The molecule has 0 heterocycles. The lowest BCUT2D eigenvalue weighted by atomic mass is 10.1. The highest BCUT2D eigenvalue weighted by Gasteiger charge is 2.31. The van der Waals surface area contributed by atoms with Gasteiger partial charge in [-0.3, -0.25) is 4.79 Å². The van der Waals surface area contributed by atoms with Gasteiger partial charge in [-0.05, 0) is 31.0 Å². The number of carbonyl (C=O) groups is 1. The summed E-state index contributed by atoms with van der Waals surface area (Å²) in [7, 11) is 0. The fraction of sp³-hybridized carbons (Fsp3) is 0.500. The molecule has 0 saturated carbocycles. The number of amides is 1. The Bertz CT molecular complexity index is 503. The quantitative estimate of drug-likeness (QED) is 0.825. The summed E-state index contributed by atoms with van der Waals surface area (Å²) in [6.07, 6.45) is -4.43. The minimum absolute atomic E-state index is 0.240. The molecule has 0 fully saturated rings. The Labute approximate surface area is 130 Å². The van der Waals surface area contributed by atoms with Gasteiger partial charge in [0.05, 0.1) is 5.56 Å². The zero-order valence-electron chi connectivity index (χ0n) is 12.0. The van der Waals surface area contributed by atoms with Crippen molar-refractivity contribution in [2.45, 2.75) is 33.0 Å². The molecule has 1 rings (SSSR count). The molecule has 1 atom stereocenters. The van der Waals surface area contributed by atoms with Gasteiger partial charge in [0.25, 0.3) is 0 Å². The van der Waals surface area contributed by atoms with Crippen LogP contribution in [0.5, 0.6) is 0 Å². The molecule has 0 radical (unpaired) electrons. The van der Waals surface area contributed by atoms with E-state index in [1.165, 1.54) is 6.07 Å². The summed E-state index contributed by atoms with van der Waals surface area (Å²) in [5.41, 5.74) is -0.530. The molecule has 0 spiro atoms. The molecular weight excluding hydrogens is 349 g/mol. The first-order valence-electron chi connectivity index (χ1n) is 6.51. The highest BCUT2D eigenvalue weighted by molar-refractivity contribution is 9.10. The Morgan fingerprint density at radius 3 is 2.38 bits per heavy atom. The molecule has 118 valence electrons. The van der Waals surface area contributed by atoms with Crippen LogP contribution < -0.4 is 10.6 Å². The van der Waals surface area contributed by atoms with E-state index in [-0.39, 0.29) is 11.6 Å². The summed E-state index contributed by atoms with van der Waals surface area (Å²) < 4.78 is 38.5. The number of benzene rings is 1. The van der Waals surface area contributed by atoms with Crippen LogP contribution in [0.3, 0.4) is 0 Å². The Hall–Kier alpha value is -1.24. The van der Waals surface area contributed by atoms with Crippen LogP contribution in [0.4, 0.5) is 18.9 Å². The maximum atomic E-state index is 12.7. The van der Waals surface area contributed by atoms with Crippen molar-refractivity contribution in [3.05, 3.63) is 28.2 Å². The van der Waals surface area contributed by atoms with Gasteiger partial charge in [-0.15, -0.1) is 0 Å². The van der Waals surface area contributed by atoms with Crippen LogP contribution in [0, 0.1) is 5.92 Å². The standard InChI is InChI=1S/C14H18BrF3N2O/c1-8(2)7-19-13(21)9(3)20-12-5-10(14(16,17)18)4-11(15)6-12/h4-6,8-9,20H,7H2,1-3H3,(H,19,21). The summed E-state index contributed by atoms with van der Waals surface area (Å²) in [6.45, 7) is 6.05. The van der Waals surface area contributed by atoms with Crippen molar-refractivity contribution in [1.82, 2.24) is 5.32 Å². The Morgan fingerprint density at radius 1 is 1.24 bits per heavy atom. The second-order valence-corrected chi connectivity index (χ2v) is 6.15. The molecule has 21 heavy (non-hydrogen) atoms. The molecular formula is C14H18BrF3N2O. The number of anilines is 1. The van der Waals surface area contributed by atoms with E-state index >= 15 is 0 Å². The first-order chi connectivity index (χ1) is 9.59. The summed E-state index contributed by atoms with van der Waals surface area (Å²) in [5.74, 6) is 0.0566. The molecule has 1 amide bonds. The number of hydrogen-bond acceptors (Lipinski definition) is 2. The minimum Gasteiger partial charge on any atom is -0.374 e. The zero-order chi connectivity index (χ0) is 16.2. The molecule has 0 bridgehead atoms. The zero-order valence-corrected chi connectivity index (χ0v) is 13.6. The summed E-state index contributed by atoms with van der Waals surface area (Å²) in [4.78, 5) is 11.8. The van der Waals surface area contributed by atoms with Crippen molar-refractivity contribution < 1.29 is 18.0 Å². The minimum atomic E-state index is -4.43. The molecule has 1 aromatic carbocycles. The highest BCUT2D eigenvalue weighted by Crippen LogP contribution is 2.33. The largest absolute Gasteiger partial charge is 0.416 e. The normalized spacial score (nSPS) is 13.1. The van der Waals surface area contributed by atoms with E-state index < -0.39 is 17.8 Å². The third-order valence-corrected chi connectivity index (χ3v) is 3.14. The molecule has 1 aromatic rings. The van der Waals surface area contributed by atoms with Crippen LogP contribution in [0.25, 0.3) is 0 Å². The molecule has 0 aliphatic carbocycles. The van der Waals surface area contributed by atoms with Gasteiger partial charge in [0, 0.05) is 16.7 Å². The lowest BCUT2D eigenvalue weighted by Gasteiger charge is -2.17. The van der Waals surface area contributed by atoms with Crippen LogP contribution in [0.2, 0.25) is 0 Å². The molecule has 0 aliphatic rings. The second-order valence-electron chi connectivity index (χ2n) is 5.23. The maximum absolute atomic E-state index is 12.7. The Balaban J connectivity index is 2.78. The summed E-state index contributed by atoms with van der Waals surface area (Å²) >= 11 is 3.04. The fourth-order valence-corrected chi connectivity index (χ4v) is 2.10. The number of rotatable bonds is 5. The van der Waals surface area contributed by atoms with Gasteiger partial charge in [0.1, 0.15) is 6.04 Å². The van der Waals surface area contributed by atoms with Gasteiger partial charge in [-0.2, -0.15) is 13.2 Å². The summed E-state index contributed by atoms with van der Waals surface area (Å²) in [6, 6.07) is 2.85. The lowest BCUT2D eigenvalue weighted by molar-refractivity contribution is -0.137. The molecule has 0 aliphatic heterocycles. The van der Waals surface area contributed by atoms with E-state index in [2.05, 4.69) is 26.6 Å². The number of carbonyl (C=O) groups excluding carboxylic acids is 1. The SMILES string of the molecule is CC(C)CNC(=O)C(C)Nc1cc(Br)cc(C(F)(F)F)c1. The molecule has 3 nitrogen and oxygen atoms in total. The topological polar surface area (TPSA) is 41.1 Å². The first kappa shape index (κ1) is 17.8. The Kier molecular flexibility index (Phi) is 6.07. The third-order valence-electron chi connectivity index (χ3n) is 2.69. The number of halogens is 4. The second kappa shape index (κ2) is 7.15. The average Bonchev–Trinajstić information content (AvgIpc) is 2.33. The number of nitrogens with one attached hydrogen (secondary N) is 2. The third kappa shape index (κ3) is 5.95. The maximum Gasteiger partial charge on any atom is 0.416 e. The van der Waals surface area contributed by atoms with Crippen LogP contribution in [-0.4, -0.2) is 18.5 Å². The van der Waals surface area contributed by atoms with Gasteiger partial charge >= 0.3 is 6.18 Å². The van der Waals surface area contributed by atoms with E-state index in [0.29, 0.717) is 16.9 Å². The molecule has 0 saturated heterocycles. The Morgan fingerprint density at radius 2 is 1.86 bits per heavy atom. The lowest BCUT2D eigenvalue weighted by Crippen LogP contribution is -2.39. The van der Waals surface area contributed by atoms with Crippen molar-refractivity contribution in [1.29, 1.82) is 0 Å². The predicted octanol–water partition coefficient (Wildman–Crippen LogP) is 4.04. The van der Waals surface area contributed by atoms with E-state index in [1.54, 1.807) is 6.92 Å². The van der Waals surface area contributed by atoms with Crippen molar-refractivity contribution in [2.75, 3.05) is 11.9 Å². The van der Waals surface area contributed by atoms with Gasteiger partial charge in [0.2, 0.25) is 5.91 Å². The number of alkyl halides is 3. The van der Waals surface area contributed by atoms with Gasteiger partial charge < -0.3 is 10.6 Å². The molecule has 1 unspecified atom stereocenters. The monoisotopic (exact) mass is 366 g/mol. The van der Waals surface area contributed by atoms with Gasteiger partial charge in [-0.25, -0.2) is 0 Å².